The van der Waals surface area contributed by atoms with Gasteiger partial charge in [-0.2, -0.15) is 0 Å². The molecule has 0 aliphatic carbocycles. The zero-order valence-corrected chi connectivity index (χ0v) is 13.4. The summed E-state index contributed by atoms with van der Waals surface area (Å²) in [5, 5.41) is 4.54. The molecule has 0 saturated carbocycles. The highest BCUT2D eigenvalue weighted by Crippen LogP contribution is 2.26. The van der Waals surface area contributed by atoms with Crippen molar-refractivity contribution in [2.24, 2.45) is 0 Å². The lowest BCUT2D eigenvalue weighted by Gasteiger charge is -2.06. The molecule has 0 unspecified atom stereocenters. The third kappa shape index (κ3) is 2.94. The summed E-state index contributed by atoms with van der Waals surface area (Å²) in [6, 6.07) is 1.80. The Morgan fingerprint density at radius 3 is 2.85 bits per heavy atom. The Morgan fingerprint density at radius 2 is 2.25 bits per heavy atom. The first-order valence-corrected chi connectivity index (χ1v) is 7.61. The topological polar surface area (TPSA) is 71.2 Å². The maximum atomic E-state index is 12.1. The monoisotopic (exact) mass is 356 g/mol. The smallest absolute Gasteiger partial charge is 0.342 e. The molecule has 2 heterocycles. The van der Waals surface area contributed by atoms with E-state index in [-0.39, 0.29) is 12.5 Å². The normalized spacial score (nSPS) is 10.3. The van der Waals surface area contributed by atoms with Gasteiger partial charge in [-0.05, 0) is 41.2 Å². The Kier molecular flexibility index (Phi) is 4.61. The molecule has 0 aliphatic rings. The standard InChI is InChI=1S/C13H13BrN2O3S/c1-3-19-13(18)10-7(2)15-6-9(10)16-12(17)11-8(14)4-5-20-11/h4-6,15H,3H2,1-2H3,(H,16,17). The summed E-state index contributed by atoms with van der Waals surface area (Å²) >= 11 is 4.63. The number of esters is 1. The number of aromatic amines is 1. The maximum Gasteiger partial charge on any atom is 0.342 e. The molecule has 0 radical (unpaired) electrons. The lowest BCUT2D eigenvalue weighted by atomic mass is 10.2. The van der Waals surface area contributed by atoms with Gasteiger partial charge in [-0.25, -0.2) is 4.79 Å². The lowest BCUT2D eigenvalue weighted by molar-refractivity contribution is 0.0527. The minimum absolute atomic E-state index is 0.267. The molecule has 0 aliphatic heterocycles. The Labute approximate surface area is 128 Å². The van der Waals surface area contributed by atoms with Gasteiger partial charge in [-0.15, -0.1) is 11.3 Å². The second-order valence-corrected chi connectivity index (χ2v) is 5.75. The molecule has 1 amide bonds. The van der Waals surface area contributed by atoms with Crippen molar-refractivity contribution in [1.82, 2.24) is 4.98 Å². The number of rotatable bonds is 4. The quantitative estimate of drug-likeness (QED) is 0.822. The van der Waals surface area contributed by atoms with E-state index >= 15 is 0 Å². The van der Waals surface area contributed by atoms with E-state index in [1.165, 1.54) is 11.3 Å². The molecule has 0 fully saturated rings. The van der Waals surface area contributed by atoms with Gasteiger partial charge in [0.25, 0.3) is 5.91 Å². The van der Waals surface area contributed by atoms with Crippen molar-refractivity contribution in [3.63, 3.8) is 0 Å². The van der Waals surface area contributed by atoms with Crippen LogP contribution >= 0.6 is 27.3 Å². The van der Waals surface area contributed by atoms with Crippen LogP contribution in [0.2, 0.25) is 0 Å². The average molecular weight is 357 g/mol. The summed E-state index contributed by atoms with van der Waals surface area (Å²) in [6.07, 6.45) is 1.58. The molecular formula is C13H13BrN2O3S. The van der Waals surface area contributed by atoms with Crippen LogP contribution in [0.4, 0.5) is 5.69 Å². The molecule has 0 atom stereocenters. The number of aryl methyl sites for hydroxylation is 1. The molecule has 2 aromatic rings. The molecule has 0 saturated heterocycles. The van der Waals surface area contributed by atoms with Crippen molar-refractivity contribution in [2.45, 2.75) is 13.8 Å². The van der Waals surface area contributed by atoms with Gasteiger partial charge in [0.1, 0.15) is 10.4 Å². The Hall–Kier alpha value is -1.60. The molecule has 2 rings (SSSR count). The summed E-state index contributed by atoms with van der Waals surface area (Å²) in [5.41, 5.74) is 1.43. The predicted molar refractivity (Wildman–Crippen MR) is 81.5 cm³/mol. The van der Waals surface area contributed by atoms with Crippen LogP contribution in [-0.2, 0) is 4.74 Å². The number of nitrogens with one attached hydrogen (secondary N) is 2. The number of aromatic nitrogens is 1. The molecule has 106 valence electrons. The zero-order valence-electron chi connectivity index (χ0n) is 11.0. The van der Waals surface area contributed by atoms with E-state index in [4.69, 9.17) is 4.74 Å². The third-order valence-electron chi connectivity index (χ3n) is 2.63. The molecular weight excluding hydrogens is 344 g/mol. The van der Waals surface area contributed by atoms with E-state index in [1.54, 1.807) is 26.1 Å². The maximum absolute atomic E-state index is 12.1. The third-order valence-corrected chi connectivity index (χ3v) is 4.46. The van der Waals surface area contributed by atoms with Gasteiger partial charge in [0, 0.05) is 16.4 Å². The number of carbonyl (C=O) groups is 2. The number of anilines is 1. The van der Waals surface area contributed by atoms with E-state index in [9.17, 15) is 9.59 Å². The number of hydrogen-bond donors (Lipinski definition) is 2. The number of halogens is 1. The van der Waals surface area contributed by atoms with Crippen LogP contribution in [0.15, 0.2) is 22.1 Å². The number of H-pyrrole nitrogens is 1. The average Bonchev–Trinajstić information content (AvgIpc) is 2.96. The number of thiophene rings is 1. The molecule has 20 heavy (non-hydrogen) atoms. The highest BCUT2D eigenvalue weighted by Gasteiger charge is 2.20. The van der Waals surface area contributed by atoms with Gasteiger partial charge in [0.2, 0.25) is 0 Å². The van der Waals surface area contributed by atoms with Crippen LogP contribution in [0, 0.1) is 6.92 Å². The van der Waals surface area contributed by atoms with E-state index < -0.39 is 5.97 Å². The van der Waals surface area contributed by atoms with Gasteiger partial charge in [0.05, 0.1) is 12.3 Å². The van der Waals surface area contributed by atoms with Crippen LogP contribution < -0.4 is 5.32 Å². The fourth-order valence-corrected chi connectivity index (χ4v) is 3.17. The number of carbonyl (C=O) groups excluding carboxylic acids is 2. The molecule has 2 N–H and O–H groups in total. The highest BCUT2D eigenvalue weighted by atomic mass is 79.9. The predicted octanol–water partition coefficient (Wildman–Crippen LogP) is 3.58. The SMILES string of the molecule is CCOC(=O)c1c(NC(=O)c2sccc2Br)c[nH]c1C. The van der Waals surface area contributed by atoms with Crippen molar-refractivity contribution in [3.8, 4) is 0 Å². The van der Waals surface area contributed by atoms with Crippen LogP contribution in [0.5, 0.6) is 0 Å². The molecule has 7 heteroatoms. The van der Waals surface area contributed by atoms with E-state index in [2.05, 4.69) is 26.2 Å². The highest BCUT2D eigenvalue weighted by molar-refractivity contribution is 9.10. The van der Waals surface area contributed by atoms with E-state index in [0.29, 0.717) is 21.8 Å². The van der Waals surface area contributed by atoms with Crippen LogP contribution in [0.1, 0.15) is 32.6 Å². The lowest BCUT2D eigenvalue weighted by Crippen LogP contribution is -2.14. The second kappa shape index (κ2) is 6.23. The van der Waals surface area contributed by atoms with Crippen molar-refractivity contribution < 1.29 is 14.3 Å². The van der Waals surface area contributed by atoms with Crippen molar-refractivity contribution in [3.05, 3.63) is 38.3 Å². The molecule has 0 spiro atoms. The fraction of sp³-hybridized carbons (Fsp3) is 0.231. The van der Waals surface area contributed by atoms with E-state index in [1.807, 2.05) is 5.38 Å². The molecule has 2 aromatic heterocycles. The second-order valence-electron chi connectivity index (χ2n) is 3.97. The van der Waals surface area contributed by atoms with Gasteiger partial charge in [0.15, 0.2) is 0 Å². The van der Waals surface area contributed by atoms with Crippen molar-refractivity contribution >= 4 is 44.8 Å². The number of ether oxygens (including phenoxy) is 1. The Bertz CT molecular complexity index is 648. The Balaban J connectivity index is 2.24. The molecule has 0 aromatic carbocycles. The van der Waals surface area contributed by atoms with Gasteiger partial charge in [-0.1, -0.05) is 0 Å². The first kappa shape index (κ1) is 14.8. The molecule has 0 bridgehead atoms. The van der Waals surface area contributed by atoms with Gasteiger partial charge < -0.3 is 15.0 Å². The van der Waals surface area contributed by atoms with Gasteiger partial charge >= 0.3 is 5.97 Å². The summed E-state index contributed by atoms with van der Waals surface area (Å²) in [7, 11) is 0. The largest absolute Gasteiger partial charge is 0.462 e. The summed E-state index contributed by atoms with van der Waals surface area (Å²) in [6.45, 7) is 3.77. The first-order valence-electron chi connectivity index (χ1n) is 5.94. The van der Waals surface area contributed by atoms with Crippen LogP contribution in [0.25, 0.3) is 0 Å². The fourth-order valence-electron chi connectivity index (χ4n) is 1.73. The van der Waals surface area contributed by atoms with Crippen LogP contribution in [0.3, 0.4) is 0 Å². The van der Waals surface area contributed by atoms with Gasteiger partial charge in [-0.3, -0.25) is 4.79 Å². The summed E-state index contributed by atoms with van der Waals surface area (Å²) in [5.74, 6) is -0.719. The summed E-state index contributed by atoms with van der Waals surface area (Å²) < 4.78 is 5.71. The summed E-state index contributed by atoms with van der Waals surface area (Å²) in [4.78, 5) is 27.5. The van der Waals surface area contributed by atoms with Crippen molar-refractivity contribution in [1.29, 1.82) is 0 Å². The van der Waals surface area contributed by atoms with E-state index in [0.717, 1.165) is 4.47 Å². The first-order chi connectivity index (χ1) is 9.54. The Morgan fingerprint density at radius 1 is 1.50 bits per heavy atom. The number of amides is 1. The minimum Gasteiger partial charge on any atom is -0.462 e. The van der Waals surface area contributed by atoms with Crippen LogP contribution in [-0.4, -0.2) is 23.5 Å². The molecule has 5 nitrogen and oxygen atoms in total. The number of hydrogen-bond acceptors (Lipinski definition) is 4. The minimum atomic E-state index is -0.452. The zero-order chi connectivity index (χ0) is 14.7. The van der Waals surface area contributed by atoms with Crippen molar-refractivity contribution in [2.75, 3.05) is 11.9 Å².